The molecule has 182 valence electrons. The molecule has 0 fully saturated rings. The molecular formula is C28H34ClNO3S. The van der Waals surface area contributed by atoms with E-state index in [1.165, 1.54) is 7.11 Å². The number of nitrogens with zero attached hydrogens (tertiary/aromatic N) is 1. The number of benzene rings is 2. The van der Waals surface area contributed by atoms with Gasteiger partial charge in [0.2, 0.25) is 0 Å². The molecule has 0 saturated carbocycles. The number of esters is 1. The molecule has 0 amide bonds. The molecule has 1 heterocycles. The molecule has 3 aromatic rings. The first-order chi connectivity index (χ1) is 15.9. The Bertz CT molecular complexity index is 1200. The molecule has 1 aromatic heterocycles. The highest BCUT2D eigenvalue weighted by Gasteiger charge is 2.34. The molecule has 0 saturated heterocycles. The number of hydrogen-bond acceptors (Lipinski definition) is 4. The third-order valence-corrected chi connectivity index (χ3v) is 7.24. The maximum atomic E-state index is 12.7. The summed E-state index contributed by atoms with van der Waals surface area (Å²) in [5.41, 5.74) is 3.30. The van der Waals surface area contributed by atoms with Crippen molar-refractivity contribution < 1.29 is 14.6 Å². The van der Waals surface area contributed by atoms with Crippen molar-refractivity contribution in [3.63, 3.8) is 0 Å². The maximum Gasteiger partial charge on any atom is 0.311 e. The van der Waals surface area contributed by atoms with Gasteiger partial charge in [-0.15, -0.1) is 18.3 Å². The molecule has 0 spiro atoms. The minimum Gasteiger partial charge on any atom is -0.508 e. The molecule has 0 atom stereocenters. The second-order valence-electron chi connectivity index (χ2n) is 10.2. The second-order valence-corrected chi connectivity index (χ2v) is 12.5. The Labute approximate surface area is 212 Å². The number of allylic oxidation sites excluding steroid dienone is 1. The summed E-state index contributed by atoms with van der Waals surface area (Å²) >= 11 is 7.89. The Morgan fingerprint density at radius 2 is 1.79 bits per heavy atom. The van der Waals surface area contributed by atoms with Crippen molar-refractivity contribution in [1.82, 2.24) is 4.57 Å². The van der Waals surface area contributed by atoms with Crippen molar-refractivity contribution in [1.29, 1.82) is 0 Å². The predicted octanol–water partition coefficient (Wildman–Crippen LogP) is 7.41. The first kappa shape index (κ1) is 26.2. The van der Waals surface area contributed by atoms with E-state index in [9.17, 15) is 9.90 Å². The number of methoxy groups -OCH3 is 1. The number of carbonyl (C=O) groups excluding carboxylic acids is 1. The van der Waals surface area contributed by atoms with Gasteiger partial charge >= 0.3 is 5.97 Å². The van der Waals surface area contributed by atoms with Gasteiger partial charge < -0.3 is 14.4 Å². The number of ether oxygens (including phenoxy) is 1. The number of hydrogen-bond donors (Lipinski definition) is 1. The monoisotopic (exact) mass is 499 g/mol. The van der Waals surface area contributed by atoms with Crippen LogP contribution in [-0.2, 0) is 28.9 Å². The van der Waals surface area contributed by atoms with E-state index in [1.807, 2.05) is 50.3 Å². The number of halogens is 1. The standard InChI is InChI=1S/C28H34ClNO3S/c1-8-9-20-23(31)15-14-21-24(20)25(34-27(2,3)4)22(16-28(5,6)26(32)33-7)30(21)17-18-10-12-19(29)13-11-18/h8,10-15,31H,1,9,16-17H2,2-7H3. The predicted molar refractivity (Wildman–Crippen MR) is 143 cm³/mol. The van der Waals surface area contributed by atoms with Crippen LogP contribution in [0.5, 0.6) is 5.75 Å². The molecule has 6 heteroatoms. The van der Waals surface area contributed by atoms with Crippen LogP contribution in [0.2, 0.25) is 5.02 Å². The summed E-state index contributed by atoms with van der Waals surface area (Å²) in [7, 11) is 1.43. The number of aromatic hydroxyl groups is 1. The maximum absolute atomic E-state index is 12.7. The number of thioether (sulfide) groups is 1. The van der Waals surface area contributed by atoms with E-state index in [0.717, 1.165) is 32.6 Å². The topological polar surface area (TPSA) is 51.5 Å². The number of phenolic OH excluding ortho intramolecular Hbond substituents is 1. The van der Waals surface area contributed by atoms with Crippen molar-refractivity contribution in [2.75, 3.05) is 7.11 Å². The summed E-state index contributed by atoms with van der Waals surface area (Å²) < 4.78 is 7.32. The first-order valence-electron chi connectivity index (χ1n) is 11.4. The van der Waals surface area contributed by atoms with E-state index >= 15 is 0 Å². The van der Waals surface area contributed by atoms with E-state index in [0.29, 0.717) is 24.4 Å². The molecule has 4 nitrogen and oxygen atoms in total. The van der Waals surface area contributed by atoms with Gasteiger partial charge in [-0.2, -0.15) is 0 Å². The summed E-state index contributed by atoms with van der Waals surface area (Å²) in [6, 6.07) is 11.5. The Hall–Kier alpha value is -2.37. The SMILES string of the molecule is C=CCc1c(O)ccc2c1c(SC(C)(C)C)c(CC(C)(C)C(=O)OC)n2Cc1ccc(Cl)cc1. The fourth-order valence-corrected chi connectivity index (χ4v) is 5.55. The molecule has 0 bridgehead atoms. The van der Waals surface area contributed by atoms with Gasteiger partial charge in [-0.25, -0.2) is 0 Å². The average molecular weight is 500 g/mol. The lowest BCUT2D eigenvalue weighted by molar-refractivity contribution is -0.150. The van der Waals surface area contributed by atoms with Gasteiger partial charge in [0.25, 0.3) is 0 Å². The van der Waals surface area contributed by atoms with Crippen molar-refractivity contribution in [2.24, 2.45) is 5.41 Å². The normalized spacial score (nSPS) is 12.2. The second kappa shape index (κ2) is 10.1. The number of phenols is 1. The number of fused-ring (bicyclic) bond motifs is 1. The van der Waals surface area contributed by atoms with Crippen LogP contribution in [0.4, 0.5) is 0 Å². The molecule has 1 N–H and O–H groups in total. The van der Waals surface area contributed by atoms with E-state index in [4.69, 9.17) is 16.3 Å². The quantitative estimate of drug-likeness (QED) is 0.199. The lowest BCUT2D eigenvalue weighted by Gasteiger charge is -2.25. The lowest BCUT2D eigenvalue weighted by Crippen LogP contribution is -2.29. The summed E-state index contributed by atoms with van der Waals surface area (Å²) in [4.78, 5) is 13.8. The highest BCUT2D eigenvalue weighted by atomic mass is 35.5. The van der Waals surface area contributed by atoms with Crippen molar-refractivity contribution in [3.05, 3.63) is 70.9 Å². The van der Waals surface area contributed by atoms with Crippen LogP contribution >= 0.6 is 23.4 Å². The fraction of sp³-hybridized carbons (Fsp3) is 0.393. The van der Waals surface area contributed by atoms with Crippen molar-refractivity contribution >= 4 is 40.2 Å². The Balaban J connectivity index is 2.37. The highest BCUT2D eigenvalue weighted by Crippen LogP contribution is 2.46. The van der Waals surface area contributed by atoms with Gasteiger partial charge in [-0.1, -0.05) is 50.6 Å². The zero-order valence-corrected chi connectivity index (χ0v) is 22.4. The molecule has 0 radical (unpaired) electrons. The van der Waals surface area contributed by atoms with Gasteiger partial charge in [-0.05, 0) is 50.1 Å². The molecule has 0 aliphatic heterocycles. The minimum atomic E-state index is -0.727. The van der Waals surface area contributed by atoms with Crippen molar-refractivity contribution in [3.8, 4) is 5.75 Å². The van der Waals surface area contributed by atoms with Gasteiger partial charge in [0.1, 0.15) is 5.75 Å². The third kappa shape index (κ3) is 5.64. The smallest absolute Gasteiger partial charge is 0.311 e. The molecule has 3 rings (SSSR count). The summed E-state index contributed by atoms with van der Waals surface area (Å²) in [6.45, 7) is 14.9. The first-order valence-corrected chi connectivity index (χ1v) is 12.6. The van der Waals surface area contributed by atoms with Crippen LogP contribution in [-0.4, -0.2) is 27.5 Å². The minimum absolute atomic E-state index is 0.0829. The lowest BCUT2D eigenvalue weighted by atomic mass is 9.87. The van der Waals surface area contributed by atoms with Gasteiger partial charge in [0.05, 0.1) is 18.0 Å². The number of aromatic nitrogens is 1. The summed E-state index contributed by atoms with van der Waals surface area (Å²) in [5, 5.41) is 12.5. The van der Waals surface area contributed by atoms with Crippen LogP contribution in [0, 0.1) is 5.41 Å². The Morgan fingerprint density at radius 1 is 1.15 bits per heavy atom. The van der Waals surface area contributed by atoms with Crippen LogP contribution in [0.25, 0.3) is 10.9 Å². The van der Waals surface area contributed by atoms with Gasteiger partial charge in [0, 0.05) is 44.3 Å². The average Bonchev–Trinajstić information content (AvgIpc) is 3.02. The number of carbonyl (C=O) groups is 1. The molecule has 0 aliphatic rings. The Morgan fingerprint density at radius 3 is 2.35 bits per heavy atom. The highest BCUT2D eigenvalue weighted by molar-refractivity contribution is 8.00. The molecule has 0 unspecified atom stereocenters. The van der Waals surface area contributed by atoms with Crippen LogP contribution in [0.15, 0.2) is 53.9 Å². The van der Waals surface area contributed by atoms with Crippen molar-refractivity contribution in [2.45, 2.75) is 63.6 Å². The summed E-state index contributed by atoms with van der Waals surface area (Å²) in [6.07, 6.45) is 2.86. The number of rotatable bonds is 8. The van der Waals surface area contributed by atoms with E-state index in [2.05, 4.69) is 31.9 Å². The molecule has 2 aromatic carbocycles. The molecule has 34 heavy (non-hydrogen) atoms. The van der Waals surface area contributed by atoms with Crippen LogP contribution in [0.3, 0.4) is 0 Å². The van der Waals surface area contributed by atoms with Gasteiger partial charge in [0.15, 0.2) is 0 Å². The van der Waals surface area contributed by atoms with Crippen LogP contribution in [0.1, 0.15) is 51.4 Å². The van der Waals surface area contributed by atoms with E-state index in [1.54, 1.807) is 17.8 Å². The third-order valence-electron chi connectivity index (χ3n) is 5.73. The zero-order valence-electron chi connectivity index (χ0n) is 20.9. The largest absolute Gasteiger partial charge is 0.508 e. The molecular weight excluding hydrogens is 466 g/mol. The van der Waals surface area contributed by atoms with E-state index < -0.39 is 5.41 Å². The Kier molecular flexibility index (Phi) is 7.79. The summed E-state index contributed by atoms with van der Waals surface area (Å²) in [5.74, 6) is 0.00208. The van der Waals surface area contributed by atoms with Gasteiger partial charge in [-0.3, -0.25) is 4.79 Å². The van der Waals surface area contributed by atoms with E-state index in [-0.39, 0.29) is 16.5 Å². The fourth-order valence-electron chi connectivity index (χ4n) is 4.18. The zero-order chi connectivity index (χ0) is 25.3. The molecule has 0 aliphatic carbocycles. The van der Waals surface area contributed by atoms with Crippen LogP contribution < -0.4 is 0 Å².